The van der Waals surface area contributed by atoms with Gasteiger partial charge in [0, 0.05) is 30.3 Å². The molecule has 2 aromatic carbocycles. The summed E-state index contributed by atoms with van der Waals surface area (Å²) < 4.78 is 5.37. The van der Waals surface area contributed by atoms with Gasteiger partial charge in [-0.2, -0.15) is 0 Å². The van der Waals surface area contributed by atoms with E-state index >= 15 is 0 Å². The van der Waals surface area contributed by atoms with Gasteiger partial charge in [0.05, 0.1) is 6.61 Å². The van der Waals surface area contributed by atoms with Gasteiger partial charge < -0.3 is 15.4 Å². The zero-order valence-electron chi connectivity index (χ0n) is 15.0. The molecule has 2 amide bonds. The average molecular weight is 352 g/mol. The van der Waals surface area contributed by atoms with Crippen LogP contribution in [0.5, 0.6) is 0 Å². The summed E-state index contributed by atoms with van der Waals surface area (Å²) in [7, 11) is 0. The van der Waals surface area contributed by atoms with Crippen LogP contribution < -0.4 is 10.6 Å². The molecule has 0 atom stereocenters. The number of hydrogen-bond donors (Lipinski definition) is 2. The van der Waals surface area contributed by atoms with E-state index < -0.39 is 0 Å². The van der Waals surface area contributed by atoms with E-state index in [4.69, 9.17) is 4.74 Å². The molecule has 0 unspecified atom stereocenters. The van der Waals surface area contributed by atoms with Gasteiger partial charge in [-0.05, 0) is 49.1 Å². The van der Waals surface area contributed by atoms with Crippen molar-refractivity contribution in [1.29, 1.82) is 0 Å². The first-order valence-electron chi connectivity index (χ1n) is 9.00. The summed E-state index contributed by atoms with van der Waals surface area (Å²) >= 11 is 0. The van der Waals surface area contributed by atoms with Crippen molar-refractivity contribution in [2.45, 2.75) is 32.9 Å². The maximum Gasteiger partial charge on any atom is 0.251 e. The Bertz CT molecular complexity index is 767. The highest BCUT2D eigenvalue weighted by molar-refractivity contribution is 5.98. The van der Waals surface area contributed by atoms with Crippen LogP contribution in [0, 0.1) is 5.92 Å². The lowest BCUT2D eigenvalue weighted by molar-refractivity contribution is -0.117. The number of rotatable bonds is 8. The molecule has 2 N–H and O–H groups in total. The molecule has 136 valence electrons. The highest BCUT2D eigenvalue weighted by atomic mass is 16.5. The number of carbonyl (C=O) groups excluding carboxylic acids is 2. The van der Waals surface area contributed by atoms with Crippen LogP contribution in [-0.2, 0) is 22.7 Å². The van der Waals surface area contributed by atoms with E-state index in [0.717, 1.165) is 24.0 Å². The van der Waals surface area contributed by atoms with Crippen molar-refractivity contribution in [3.63, 3.8) is 0 Å². The molecule has 2 aromatic rings. The fraction of sp³-hybridized carbons (Fsp3) is 0.333. The first-order valence-corrected chi connectivity index (χ1v) is 9.00. The Balaban J connectivity index is 1.53. The summed E-state index contributed by atoms with van der Waals surface area (Å²) in [5.74, 6) is 0.0128. The van der Waals surface area contributed by atoms with Gasteiger partial charge >= 0.3 is 0 Å². The quantitative estimate of drug-likeness (QED) is 0.764. The van der Waals surface area contributed by atoms with Crippen molar-refractivity contribution >= 4 is 17.5 Å². The maximum absolute atomic E-state index is 12.4. The van der Waals surface area contributed by atoms with Gasteiger partial charge in [-0.1, -0.05) is 30.3 Å². The summed E-state index contributed by atoms with van der Waals surface area (Å²) in [6.07, 6.45) is 1.91. The van der Waals surface area contributed by atoms with Crippen molar-refractivity contribution in [1.82, 2.24) is 5.32 Å². The lowest BCUT2D eigenvalue weighted by atomic mass is 10.1. The van der Waals surface area contributed by atoms with Crippen LogP contribution in [0.15, 0.2) is 48.5 Å². The SMILES string of the molecule is CCOCc1ccc(CNC(=O)c2cccc(NC(=O)C3CC3)c2)cc1. The fourth-order valence-corrected chi connectivity index (χ4v) is 2.59. The molecule has 5 heteroatoms. The number of carbonyl (C=O) groups is 2. The smallest absolute Gasteiger partial charge is 0.251 e. The lowest BCUT2D eigenvalue weighted by Crippen LogP contribution is -2.23. The zero-order valence-corrected chi connectivity index (χ0v) is 15.0. The predicted octanol–water partition coefficient (Wildman–Crippen LogP) is 3.50. The van der Waals surface area contributed by atoms with E-state index in [1.807, 2.05) is 31.2 Å². The molecular weight excluding hydrogens is 328 g/mol. The molecule has 0 aliphatic heterocycles. The zero-order chi connectivity index (χ0) is 18.4. The summed E-state index contributed by atoms with van der Waals surface area (Å²) in [6.45, 7) is 3.71. The van der Waals surface area contributed by atoms with E-state index in [1.54, 1.807) is 24.3 Å². The molecule has 0 bridgehead atoms. The number of ether oxygens (including phenoxy) is 1. The normalized spacial score (nSPS) is 13.3. The second-order valence-corrected chi connectivity index (χ2v) is 6.48. The van der Waals surface area contributed by atoms with Crippen molar-refractivity contribution < 1.29 is 14.3 Å². The third kappa shape index (κ3) is 5.17. The van der Waals surface area contributed by atoms with Gasteiger partial charge in [-0.25, -0.2) is 0 Å². The van der Waals surface area contributed by atoms with Gasteiger partial charge in [-0.3, -0.25) is 9.59 Å². The van der Waals surface area contributed by atoms with Crippen LogP contribution in [0.4, 0.5) is 5.69 Å². The monoisotopic (exact) mass is 352 g/mol. The molecule has 1 aliphatic rings. The van der Waals surface area contributed by atoms with Crippen LogP contribution >= 0.6 is 0 Å². The van der Waals surface area contributed by atoms with E-state index in [2.05, 4.69) is 10.6 Å². The first kappa shape index (κ1) is 18.1. The van der Waals surface area contributed by atoms with Crippen LogP contribution in [0.25, 0.3) is 0 Å². The number of amides is 2. The third-order valence-electron chi connectivity index (χ3n) is 4.29. The minimum Gasteiger partial charge on any atom is -0.377 e. The van der Waals surface area contributed by atoms with Gasteiger partial charge in [0.15, 0.2) is 0 Å². The molecule has 26 heavy (non-hydrogen) atoms. The Kier molecular flexibility index (Phi) is 6.02. The summed E-state index contributed by atoms with van der Waals surface area (Å²) in [4.78, 5) is 24.2. The first-order chi connectivity index (χ1) is 12.7. The average Bonchev–Trinajstić information content (AvgIpc) is 3.51. The summed E-state index contributed by atoms with van der Waals surface area (Å²) in [5.41, 5.74) is 3.33. The minimum atomic E-state index is -0.161. The lowest BCUT2D eigenvalue weighted by Gasteiger charge is -2.09. The second-order valence-electron chi connectivity index (χ2n) is 6.48. The van der Waals surface area contributed by atoms with Crippen LogP contribution in [0.1, 0.15) is 41.3 Å². The molecule has 1 fully saturated rings. The minimum absolute atomic E-state index is 0.0368. The largest absolute Gasteiger partial charge is 0.377 e. The molecule has 5 nitrogen and oxygen atoms in total. The van der Waals surface area contributed by atoms with Crippen LogP contribution in [0.2, 0.25) is 0 Å². The van der Waals surface area contributed by atoms with E-state index in [-0.39, 0.29) is 17.7 Å². The highest BCUT2D eigenvalue weighted by Crippen LogP contribution is 2.30. The number of nitrogens with one attached hydrogen (secondary N) is 2. The Morgan fingerprint density at radius 3 is 2.50 bits per heavy atom. The topological polar surface area (TPSA) is 67.4 Å². The Morgan fingerprint density at radius 1 is 1.08 bits per heavy atom. The van der Waals surface area contributed by atoms with Crippen molar-refractivity contribution in [2.75, 3.05) is 11.9 Å². The van der Waals surface area contributed by atoms with Crippen molar-refractivity contribution in [3.8, 4) is 0 Å². The summed E-state index contributed by atoms with van der Waals surface area (Å²) in [5, 5.41) is 5.78. The molecule has 0 spiro atoms. The summed E-state index contributed by atoms with van der Waals surface area (Å²) in [6, 6.07) is 15.0. The molecule has 1 aliphatic carbocycles. The van der Waals surface area contributed by atoms with Crippen molar-refractivity contribution in [3.05, 3.63) is 65.2 Å². The van der Waals surface area contributed by atoms with E-state index in [9.17, 15) is 9.59 Å². The van der Waals surface area contributed by atoms with E-state index in [0.29, 0.717) is 31.0 Å². The fourth-order valence-electron chi connectivity index (χ4n) is 2.59. The molecule has 1 saturated carbocycles. The van der Waals surface area contributed by atoms with E-state index in [1.165, 1.54) is 0 Å². The molecule has 0 radical (unpaired) electrons. The Labute approximate surface area is 153 Å². The Morgan fingerprint density at radius 2 is 1.81 bits per heavy atom. The molecular formula is C21H24N2O3. The third-order valence-corrected chi connectivity index (χ3v) is 4.29. The van der Waals surface area contributed by atoms with Gasteiger partial charge in [0.1, 0.15) is 0 Å². The standard InChI is InChI=1S/C21H24N2O3/c1-2-26-14-16-8-6-15(7-9-16)13-22-20(24)18-4-3-5-19(12-18)23-21(25)17-10-11-17/h3-9,12,17H,2,10-11,13-14H2,1H3,(H,22,24)(H,23,25). The van der Waals surface area contributed by atoms with Crippen molar-refractivity contribution in [2.24, 2.45) is 5.92 Å². The number of hydrogen-bond acceptors (Lipinski definition) is 3. The molecule has 0 aromatic heterocycles. The number of benzene rings is 2. The maximum atomic E-state index is 12.4. The van der Waals surface area contributed by atoms with Gasteiger partial charge in [0.2, 0.25) is 5.91 Å². The van der Waals surface area contributed by atoms with Crippen LogP contribution in [0.3, 0.4) is 0 Å². The Hall–Kier alpha value is -2.66. The highest BCUT2D eigenvalue weighted by Gasteiger charge is 2.29. The van der Waals surface area contributed by atoms with Gasteiger partial charge in [0.25, 0.3) is 5.91 Å². The van der Waals surface area contributed by atoms with Gasteiger partial charge in [-0.15, -0.1) is 0 Å². The molecule has 0 heterocycles. The predicted molar refractivity (Wildman–Crippen MR) is 101 cm³/mol. The van der Waals surface area contributed by atoms with Crippen LogP contribution in [-0.4, -0.2) is 18.4 Å². The number of anilines is 1. The second kappa shape index (κ2) is 8.63. The molecule has 0 saturated heterocycles. The molecule has 3 rings (SSSR count).